The molecule has 0 fully saturated rings. The molecule has 0 radical (unpaired) electrons. The minimum atomic E-state index is -3.30. The molecule has 1 unspecified atom stereocenters. The van der Waals surface area contributed by atoms with Crippen LogP contribution in [0.3, 0.4) is 0 Å². The van der Waals surface area contributed by atoms with E-state index in [1.807, 2.05) is 0 Å². The van der Waals surface area contributed by atoms with E-state index in [9.17, 15) is 0 Å². The Labute approximate surface area is 101 Å². The largest absolute Gasteiger partial charge is 0.431 e. The maximum absolute atomic E-state index is 9.10. The Morgan fingerprint density at radius 2 is 1.71 bits per heavy atom. The molecule has 14 heavy (non-hydrogen) atoms. The normalized spacial score (nSPS) is 14.9. The molecule has 0 bridgehead atoms. The van der Waals surface area contributed by atoms with Crippen LogP contribution in [0.1, 0.15) is 0 Å². The van der Waals surface area contributed by atoms with E-state index in [2.05, 4.69) is 11.8 Å². The van der Waals surface area contributed by atoms with Crippen LogP contribution in [0.2, 0.25) is 15.1 Å². The predicted octanol–water partition coefficient (Wildman–Crippen LogP) is 3.20. The van der Waals surface area contributed by atoms with Crippen LogP contribution >= 0.6 is 41.4 Å². The van der Waals surface area contributed by atoms with Gasteiger partial charge in [-0.05, 0) is 17.9 Å². The lowest BCUT2D eigenvalue weighted by molar-refractivity contribution is 0.484. The molecule has 0 saturated heterocycles. The first-order chi connectivity index (χ1) is 6.29. The molecule has 0 heterocycles. The fourth-order valence-corrected chi connectivity index (χ4v) is 2.02. The van der Waals surface area contributed by atoms with Crippen LogP contribution in [0.15, 0.2) is 12.1 Å². The molecule has 8 heteroatoms. The van der Waals surface area contributed by atoms with E-state index in [4.69, 9.17) is 49.7 Å². The molecule has 0 spiro atoms. The first-order valence-corrected chi connectivity index (χ1v) is 7.13. The highest BCUT2D eigenvalue weighted by Crippen LogP contribution is 2.41. The van der Waals surface area contributed by atoms with E-state index in [1.165, 1.54) is 12.1 Å². The van der Waals surface area contributed by atoms with E-state index in [0.29, 0.717) is 0 Å². The van der Waals surface area contributed by atoms with Gasteiger partial charge in [0.25, 0.3) is 0 Å². The Morgan fingerprint density at radius 1 is 1.21 bits per heavy atom. The highest BCUT2D eigenvalue weighted by molar-refractivity contribution is 8.08. The smallest absolute Gasteiger partial charge is 0.307 e. The lowest BCUT2D eigenvalue weighted by Crippen LogP contribution is -2.00. The van der Waals surface area contributed by atoms with Crippen LogP contribution in [-0.2, 0) is 11.8 Å². The lowest BCUT2D eigenvalue weighted by atomic mass is 10.3. The highest BCUT2D eigenvalue weighted by Gasteiger charge is 2.13. The Kier molecular flexibility index (Phi) is 4.06. The van der Waals surface area contributed by atoms with Crippen molar-refractivity contribution in [3.05, 3.63) is 27.2 Å². The molecule has 0 aliphatic carbocycles. The summed E-state index contributed by atoms with van der Waals surface area (Å²) in [5.41, 5.74) is 5.15. The van der Waals surface area contributed by atoms with Crippen molar-refractivity contribution in [2.45, 2.75) is 0 Å². The zero-order valence-electron chi connectivity index (χ0n) is 6.58. The number of hydrogen-bond donors (Lipinski definition) is 2. The van der Waals surface area contributed by atoms with Crippen molar-refractivity contribution in [2.24, 2.45) is 5.50 Å². The molecule has 0 saturated carbocycles. The van der Waals surface area contributed by atoms with E-state index in [-0.39, 0.29) is 20.8 Å². The second kappa shape index (κ2) is 4.54. The molecule has 0 aliphatic heterocycles. The van der Waals surface area contributed by atoms with Crippen molar-refractivity contribution >= 4 is 53.3 Å². The van der Waals surface area contributed by atoms with Crippen molar-refractivity contribution in [1.82, 2.24) is 0 Å². The fourth-order valence-electron chi connectivity index (χ4n) is 0.715. The van der Waals surface area contributed by atoms with Gasteiger partial charge < -0.3 is 9.42 Å². The first-order valence-electron chi connectivity index (χ1n) is 3.25. The molecule has 1 aromatic carbocycles. The van der Waals surface area contributed by atoms with E-state index >= 15 is 0 Å². The zero-order valence-corrected chi connectivity index (χ0v) is 10.6. The lowest BCUT2D eigenvalue weighted by Gasteiger charge is -2.13. The third kappa shape index (κ3) is 3.55. The topological polar surface area (TPSA) is 55.5 Å². The Morgan fingerprint density at radius 3 is 2.21 bits per heavy atom. The zero-order chi connectivity index (χ0) is 10.9. The minimum Gasteiger partial charge on any atom is -0.431 e. The Balaban J connectivity index is 3.11. The highest BCUT2D eigenvalue weighted by atomic mass is 35.5. The quantitative estimate of drug-likeness (QED) is 0.649. The number of rotatable bonds is 2. The maximum Gasteiger partial charge on any atom is 0.307 e. The summed E-state index contributed by atoms with van der Waals surface area (Å²) in [6, 6.07) is 2.72. The van der Waals surface area contributed by atoms with Crippen LogP contribution < -0.4 is 10.0 Å². The van der Waals surface area contributed by atoms with E-state index in [1.54, 1.807) is 0 Å². The molecule has 3 N–H and O–H groups in total. The summed E-state index contributed by atoms with van der Waals surface area (Å²) in [4.78, 5) is 9.10. The van der Waals surface area contributed by atoms with Gasteiger partial charge in [0, 0.05) is 6.07 Å². The van der Waals surface area contributed by atoms with Crippen molar-refractivity contribution in [2.75, 3.05) is 0 Å². The first kappa shape index (κ1) is 12.5. The van der Waals surface area contributed by atoms with Crippen molar-refractivity contribution in [1.29, 1.82) is 0 Å². The predicted molar refractivity (Wildman–Crippen MR) is 62.8 cm³/mol. The van der Waals surface area contributed by atoms with Crippen LogP contribution in [0.25, 0.3) is 0 Å². The molecular weight excluding hydrogens is 287 g/mol. The average molecular weight is 293 g/mol. The number of nitrogens with two attached hydrogens (primary N) is 1. The standard InChI is InChI=1S/C6H5Cl3NO2PS/c7-3-1-5(9)6(2-4(3)8)12-13(10,11)14/h1-2H,(H3,10,11,14). The molecule has 78 valence electrons. The molecule has 0 aliphatic rings. The van der Waals surface area contributed by atoms with Gasteiger partial charge in [0.1, 0.15) is 5.75 Å². The summed E-state index contributed by atoms with van der Waals surface area (Å²) >= 11 is 21.6. The third-order valence-corrected chi connectivity index (χ3v) is 2.90. The number of benzene rings is 1. The molecule has 1 rings (SSSR count). The number of halogens is 3. The third-order valence-electron chi connectivity index (χ3n) is 1.20. The Hall–Kier alpha value is 0.460. The summed E-state index contributed by atoms with van der Waals surface area (Å²) in [6.45, 7) is -3.30. The second-order valence-electron chi connectivity index (χ2n) is 2.35. The molecule has 0 amide bonds. The maximum atomic E-state index is 9.10. The average Bonchev–Trinajstić information content (AvgIpc) is 1.97. The van der Waals surface area contributed by atoms with Gasteiger partial charge in [0.15, 0.2) is 0 Å². The van der Waals surface area contributed by atoms with Gasteiger partial charge in [-0.25, -0.2) is 5.50 Å². The van der Waals surface area contributed by atoms with Gasteiger partial charge in [-0.2, -0.15) is 0 Å². The van der Waals surface area contributed by atoms with Crippen molar-refractivity contribution in [3.63, 3.8) is 0 Å². The van der Waals surface area contributed by atoms with Gasteiger partial charge in [0.05, 0.1) is 15.1 Å². The molecule has 1 atom stereocenters. The van der Waals surface area contributed by atoms with E-state index in [0.717, 1.165) is 0 Å². The molecule has 3 nitrogen and oxygen atoms in total. The SMILES string of the molecule is NP(O)(=S)Oc1cc(Cl)c(Cl)cc1Cl. The summed E-state index contributed by atoms with van der Waals surface area (Å²) in [6.07, 6.45) is 0. The van der Waals surface area contributed by atoms with Gasteiger partial charge in [-0.15, -0.1) is 0 Å². The minimum absolute atomic E-state index is 0.120. The van der Waals surface area contributed by atoms with E-state index < -0.39 is 6.64 Å². The van der Waals surface area contributed by atoms with Crippen LogP contribution in [0, 0.1) is 0 Å². The van der Waals surface area contributed by atoms with Gasteiger partial charge >= 0.3 is 6.64 Å². The summed E-state index contributed by atoms with van der Waals surface area (Å²) in [7, 11) is 0. The molecular formula is C6H5Cl3NO2PS. The van der Waals surface area contributed by atoms with Gasteiger partial charge in [-0.1, -0.05) is 34.8 Å². The second-order valence-corrected chi connectivity index (χ2v) is 6.45. The summed E-state index contributed by atoms with van der Waals surface area (Å²) in [5, 5.41) is 0.718. The van der Waals surface area contributed by atoms with Gasteiger partial charge in [0.2, 0.25) is 0 Å². The Bertz CT molecular complexity index is 408. The molecule has 1 aromatic rings. The number of hydrogen-bond acceptors (Lipinski definition) is 2. The van der Waals surface area contributed by atoms with Crippen molar-refractivity contribution in [3.8, 4) is 5.75 Å². The fraction of sp³-hybridized carbons (Fsp3) is 0. The monoisotopic (exact) mass is 291 g/mol. The van der Waals surface area contributed by atoms with Crippen molar-refractivity contribution < 1.29 is 9.42 Å². The molecule has 0 aromatic heterocycles. The van der Waals surface area contributed by atoms with Crippen LogP contribution in [0.4, 0.5) is 0 Å². The van der Waals surface area contributed by atoms with Crippen LogP contribution in [-0.4, -0.2) is 4.89 Å². The summed E-state index contributed by atoms with van der Waals surface area (Å²) in [5.74, 6) is 0.120. The van der Waals surface area contributed by atoms with Crippen LogP contribution in [0.5, 0.6) is 5.75 Å². The summed E-state index contributed by atoms with van der Waals surface area (Å²) < 4.78 is 4.85. The van der Waals surface area contributed by atoms with Gasteiger partial charge in [-0.3, -0.25) is 0 Å².